The van der Waals surface area contributed by atoms with Crippen molar-refractivity contribution in [3.05, 3.63) is 42.5 Å². The van der Waals surface area contributed by atoms with Crippen LogP contribution >= 0.6 is 0 Å². The second-order valence-electron chi connectivity index (χ2n) is 5.31. The highest BCUT2D eigenvalue weighted by molar-refractivity contribution is 5.88. The Morgan fingerprint density at radius 3 is 2.63 bits per heavy atom. The van der Waals surface area contributed by atoms with E-state index in [1.165, 1.54) is 0 Å². The molecular formula is C16H21NO2. The molecule has 0 saturated carbocycles. The zero-order valence-corrected chi connectivity index (χ0v) is 11.5. The number of rotatable bonds is 5. The quantitative estimate of drug-likeness (QED) is 0.868. The number of hydrogen-bond donors (Lipinski definition) is 2. The highest BCUT2D eigenvalue weighted by Gasteiger charge is 2.22. The third-order valence-electron chi connectivity index (χ3n) is 3.24. The number of ether oxygens (including phenoxy) is 1. The van der Waals surface area contributed by atoms with Crippen LogP contribution in [0.2, 0.25) is 0 Å². The highest BCUT2D eigenvalue weighted by Crippen LogP contribution is 2.27. The minimum Gasteiger partial charge on any atom is -0.490 e. The van der Waals surface area contributed by atoms with Crippen LogP contribution in [0.3, 0.4) is 0 Å². The Balaban J connectivity index is 2.17. The van der Waals surface area contributed by atoms with E-state index in [2.05, 4.69) is 12.1 Å². The van der Waals surface area contributed by atoms with Gasteiger partial charge in [-0.2, -0.15) is 0 Å². The molecule has 2 rings (SSSR count). The van der Waals surface area contributed by atoms with Crippen molar-refractivity contribution in [1.29, 1.82) is 0 Å². The van der Waals surface area contributed by atoms with E-state index < -0.39 is 5.60 Å². The molecule has 0 amide bonds. The van der Waals surface area contributed by atoms with Crippen LogP contribution in [0.15, 0.2) is 42.5 Å². The van der Waals surface area contributed by atoms with E-state index >= 15 is 0 Å². The summed E-state index contributed by atoms with van der Waals surface area (Å²) in [5.74, 6) is 0.846. The summed E-state index contributed by atoms with van der Waals surface area (Å²) in [6.07, 6.45) is 0.413. The van der Waals surface area contributed by atoms with Gasteiger partial charge < -0.3 is 15.6 Å². The predicted octanol–water partition coefficient (Wildman–Crippen LogP) is 2.71. The van der Waals surface area contributed by atoms with Crippen molar-refractivity contribution < 1.29 is 9.84 Å². The molecule has 0 spiro atoms. The lowest BCUT2D eigenvalue weighted by Crippen LogP contribution is -2.38. The minimum absolute atomic E-state index is 0.0932. The first-order chi connectivity index (χ1) is 9.02. The summed E-state index contributed by atoms with van der Waals surface area (Å²) in [5.41, 5.74) is 4.65. The normalized spacial score (nSPS) is 16.0. The number of aliphatic hydroxyl groups is 1. The molecule has 0 saturated heterocycles. The summed E-state index contributed by atoms with van der Waals surface area (Å²) in [4.78, 5) is 0. The lowest BCUT2D eigenvalue weighted by Gasteiger charge is -2.26. The predicted molar refractivity (Wildman–Crippen MR) is 78.3 cm³/mol. The van der Waals surface area contributed by atoms with Gasteiger partial charge in [-0.25, -0.2) is 0 Å². The number of hydrogen-bond acceptors (Lipinski definition) is 3. The zero-order valence-electron chi connectivity index (χ0n) is 11.5. The van der Waals surface area contributed by atoms with Crippen molar-refractivity contribution in [2.24, 2.45) is 5.73 Å². The van der Waals surface area contributed by atoms with Crippen LogP contribution in [-0.2, 0) is 0 Å². The summed E-state index contributed by atoms with van der Waals surface area (Å²) in [6.45, 7) is 3.91. The van der Waals surface area contributed by atoms with Crippen molar-refractivity contribution in [2.75, 3.05) is 6.54 Å². The molecule has 0 radical (unpaired) electrons. The van der Waals surface area contributed by atoms with E-state index in [0.717, 1.165) is 16.5 Å². The van der Waals surface area contributed by atoms with Gasteiger partial charge >= 0.3 is 0 Å². The van der Waals surface area contributed by atoms with Crippen LogP contribution in [0, 0.1) is 0 Å². The topological polar surface area (TPSA) is 55.5 Å². The van der Waals surface area contributed by atoms with Crippen LogP contribution in [0.25, 0.3) is 10.8 Å². The maximum Gasteiger partial charge on any atom is 0.127 e. The van der Waals surface area contributed by atoms with Crippen LogP contribution < -0.4 is 10.5 Å². The van der Waals surface area contributed by atoms with Crippen LogP contribution in [0.1, 0.15) is 20.3 Å². The Kier molecular flexibility index (Phi) is 4.08. The zero-order chi connectivity index (χ0) is 13.9. The first kappa shape index (κ1) is 13.8. The Bertz CT molecular complexity index is 546. The van der Waals surface area contributed by atoms with E-state index in [9.17, 15) is 5.11 Å². The lowest BCUT2D eigenvalue weighted by molar-refractivity contribution is 0.0241. The van der Waals surface area contributed by atoms with E-state index in [1.54, 1.807) is 6.92 Å². The van der Waals surface area contributed by atoms with E-state index in [1.807, 2.05) is 37.3 Å². The second-order valence-corrected chi connectivity index (χ2v) is 5.31. The average molecular weight is 259 g/mol. The number of nitrogens with two attached hydrogens (primary N) is 1. The third-order valence-corrected chi connectivity index (χ3v) is 3.24. The Morgan fingerprint density at radius 2 is 1.89 bits per heavy atom. The Labute approximate surface area is 114 Å². The molecule has 2 unspecified atom stereocenters. The largest absolute Gasteiger partial charge is 0.490 e. The van der Waals surface area contributed by atoms with Gasteiger partial charge in [0, 0.05) is 18.4 Å². The fourth-order valence-corrected chi connectivity index (χ4v) is 2.26. The van der Waals surface area contributed by atoms with Gasteiger partial charge in [0.1, 0.15) is 5.75 Å². The van der Waals surface area contributed by atoms with Crippen LogP contribution in [0.4, 0.5) is 0 Å². The molecule has 102 valence electrons. The average Bonchev–Trinajstić information content (AvgIpc) is 2.38. The van der Waals surface area contributed by atoms with Gasteiger partial charge in [0.05, 0.1) is 11.7 Å². The number of fused-ring (bicyclic) bond motifs is 1. The molecule has 0 heterocycles. The molecule has 0 aromatic heterocycles. The molecule has 0 aliphatic rings. The molecule has 0 aliphatic heterocycles. The van der Waals surface area contributed by atoms with Gasteiger partial charge in [0.2, 0.25) is 0 Å². The maximum atomic E-state index is 9.98. The van der Waals surface area contributed by atoms with Crippen molar-refractivity contribution in [3.63, 3.8) is 0 Å². The van der Waals surface area contributed by atoms with Gasteiger partial charge in [-0.05, 0) is 25.3 Å². The van der Waals surface area contributed by atoms with Gasteiger partial charge in [0.15, 0.2) is 0 Å². The summed E-state index contributed by atoms with van der Waals surface area (Å²) in [5, 5.41) is 12.2. The fourth-order valence-electron chi connectivity index (χ4n) is 2.26. The molecular weight excluding hydrogens is 238 g/mol. The van der Waals surface area contributed by atoms with Crippen molar-refractivity contribution in [1.82, 2.24) is 0 Å². The van der Waals surface area contributed by atoms with Gasteiger partial charge in [-0.1, -0.05) is 36.4 Å². The minimum atomic E-state index is -0.885. The van der Waals surface area contributed by atoms with Gasteiger partial charge in [0.25, 0.3) is 0 Å². The van der Waals surface area contributed by atoms with Gasteiger partial charge in [-0.3, -0.25) is 0 Å². The monoisotopic (exact) mass is 259 g/mol. The smallest absolute Gasteiger partial charge is 0.127 e. The summed E-state index contributed by atoms with van der Waals surface area (Å²) in [7, 11) is 0. The van der Waals surface area contributed by atoms with Crippen LogP contribution in [0.5, 0.6) is 5.75 Å². The van der Waals surface area contributed by atoms with Crippen molar-refractivity contribution in [2.45, 2.75) is 32.0 Å². The molecule has 0 bridgehead atoms. The SMILES string of the molecule is CC(CC(C)(O)CN)Oc1cccc2ccccc12. The summed E-state index contributed by atoms with van der Waals surface area (Å²) >= 11 is 0. The Morgan fingerprint density at radius 1 is 1.21 bits per heavy atom. The standard InChI is InChI=1S/C16H21NO2/c1-12(10-16(2,18)11-17)19-15-9-5-7-13-6-3-4-8-14(13)15/h3-9,12,18H,10-11,17H2,1-2H3. The molecule has 19 heavy (non-hydrogen) atoms. The molecule has 0 aliphatic carbocycles. The van der Waals surface area contributed by atoms with Crippen molar-refractivity contribution in [3.8, 4) is 5.75 Å². The molecule has 3 N–H and O–H groups in total. The van der Waals surface area contributed by atoms with E-state index in [-0.39, 0.29) is 12.6 Å². The highest BCUT2D eigenvalue weighted by atomic mass is 16.5. The molecule has 3 heteroatoms. The first-order valence-electron chi connectivity index (χ1n) is 6.59. The Hall–Kier alpha value is -1.58. The van der Waals surface area contributed by atoms with E-state index in [4.69, 9.17) is 10.5 Å². The maximum absolute atomic E-state index is 9.98. The fraction of sp³-hybridized carbons (Fsp3) is 0.375. The molecule has 3 nitrogen and oxygen atoms in total. The molecule has 2 aromatic carbocycles. The molecule has 2 atom stereocenters. The third kappa shape index (κ3) is 3.46. The second kappa shape index (κ2) is 5.59. The number of benzene rings is 2. The summed E-state index contributed by atoms with van der Waals surface area (Å²) in [6, 6.07) is 14.1. The van der Waals surface area contributed by atoms with Crippen LogP contribution in [-0.4, -0.2) is 23.4 Å². The summed E-state index contributed by atoms with van der Waals surface area (Å²) < 4.78 is 5.95. The van der Waals surface area contributed by atoms with Crippen molar-refractivity contribution >= 4 is 10.8 Å². The van der Waals surface area contributed by atoms with Gasteiger partial charge in [-0.15, -0.1) is 0 Å². The first-order valence-corrected chi connectivity index (χ1v) is 6.59. The lowest BCUT2D eigenvalue weighted by atomic mass is 9.99. The van der Waals surface area contributed by atoms with E-state index in [0.29, 0.717) is 6.42 Å². The molecule has 2 aromatic rings. The molecule has 0 fully saturated rings.